The lowest BCUT2D eigenvalue weighted by Gasteiger charge is -2.33. The Kier molecular flexibility index (Phi) is 4.85. The molecular formula is C18H24N2O2S. The highest BCUT2D eigenvalue weighted by Gasteiger charge is 2.42. The van der Waals surface area contributed by atoms with E-state index in [0.29, 0.717) is 23.7 Å². The third-order valence-corrected chi connectivity index (χ3v) is 5.51. The Labute approximate surface area is 141 Å². The van der Waals surface area contributed by atoms with Gasteiger partial charge in [-0.2, -0.15) is 0 Å². The highest BCUT2D eigenvalue weighted by atomic mass is 32.1. The Bertz CT molecular complexity index is 621. The number of likely N-dealkylation sites (tertiary alicyclic amines) is 1. The summed E-state index contributed by atoms with van der Waals surface area (Å²) in [4.78, 5) is 30.3. The second-order valence-electron chi connectivity index (χ2n) is 6.51. The smallest absolute Gasteiger partial charge is 0.277 e. The molecule has 0 spiro atoms. The summed E-state index contributed by atoms with van der Waals surface area (Å²) in [5.41, 5.74) is 1.26. The first-order valence-electron chi connectivity index (χ1n) is 8.52. The molecule has 0 aliphatic carbocycles. The van der Waals surface area contributed by atoms with Gasteiger partial charge in [-0.3, -0.25) is 14.5 Å². The lowest BCUT2D eigenvalue weighted by molar-refractivity contribution is -0.137. The third kappa shape index (κ3) is 3.07. The first-order valence-corrected chi connectivity index (χ1v) is 9.40. The molecule has 23 heavy (non-hydrogen) atoms. The van der Waals surface area contributed by atoms with Gasteiger partial charge in [0.2, 0.25) is 0 Å². The number of thiophene rings is 1. The van der Waals surface area contributed by atoms with Crippen LogP contribution in [0.4, 0.5) is 0 Å². The van der Waals surface area contributed by atoms with E-state index < -0.39 is 0 Å². The van der Waals surface area contributed by atoms with Crippen LogP contribution in [0.1, 0.15) is 44.4 Å². The van der Waals surface area contributed by atoms with Crippen molar-refractivity contribution in [1.29, 1.82) is 0 Å². The fraction of sp³-hybridized carbons (Fsp3) is 0.556. The van der Waals surface area contributed by atoms with Crippen molar-refractivity contribution < 1.29 is 9.59 Å². The van der Waals surface area contributed by atoms with E-state index in [4.69, 9.17) is 0 Å². The Morgan fingerprint density at radius 3 is 2.78 bits per heavy atom. The minimum absolute atomic E-state index is 0.0963. The number of rotatable bonds is 5. The van der Waals surface area contributed by atoms with E-state index in [9.17, 15) is 9.59 Å². The molecule has 3 heterocycles. The zero-order valence-electron chi connectivity index (χ0n) is 13.9. The molecular weight excluding hydrogens is 308 g/mol. The van der Waals surface area contributed by atoms with Gasteiger partial charge in [-0.05, 0) is 36.6 Å². The van der Waals surface area contributed by atoms with Crippen molar-refractivity contribution in [3.63, 3.8) is 0 Å². The number of carbonyl (C=O) groups excluding carboxylic acids is 2. The van der Waals surface area contributed by atoms with Crippen LogP contribution in [0.15, 0.2) is 23.2 Å². The third-order valence-electron chi connectivity index (χ3n) is 4.62. The standard InChI is InChI=1S/C18H24N2O2S/c1-3-4-10-20-17(21)15(14-8-6-11-23-14)16(18(20)22)19-9-5-7-13(2)12-19/h6,8,11,13H,3-5,7,9-10,12H2,1-2H3. The number of imide groups is 1. The van der Waals surface area contributed by atoms with Crippen LogP contribution in [-0.2, 0) is 9.59 Å². The predicted octanol–water partition coefficient (Wildman–Crippen LogP) is 3.36. The number of nitrogens with zero attached hydrogens (tertiary/aromatic N) is 2. The number of carbonyl (C=O) groups is 2. The van der Waals surface area contributed by atoms with Crippen molar-refractivity contribution in [1.82, 2.24) is 9.80 Å². The van der Waals surface area contributed by atoms with Crippen molar-refractivity contribution in [2.75, 3.05) is 19.6 Å². The molecule has 3 rings (SSSR count). The maximum absolute atomic E-state index is 12.9. The predicted molar refractivity (Wildman–Crippen MR) is 92.8 cm³/mol. The van der Waals surface area contributed by atoms with Crippen LogP contribution in [0, 0.1) is 5.92 Å². The van der Waals surface area contributed by atoms with Crippen LogP contribution in [0.3, 0.4) is 0 Å². The zero-order valence-corrected chi connectivity index (χ0v) is 14.7. The summed E-state index contributed by atoms with van der Waals surface area (Å²) < 4.78 is 0. The molecule has 2 aliphatic heterocycles. The summed E-state index contributed by atoms with van der Waals surface area (Å²) in [6, 6.07) is 3.89. The van der Waals surface area contributed by atoms with E-state index in [0.717, 1.165) is 37.2 Å². The first-order chi connectivity index (χ1) is 11.1. The fourth-order valence-electron chi connectivity index (χ4n) is 3.41. The van der Waals surface area contributed by atoms with Gasteiger partial charge in [0.25, 0.3) is 11.8 Å². The Balaban J connectivity index is 1.98. The van der Waals surface area contributed by atoms with Crippen LogP contribution in [0.25, 0.3) is 5.57 Å². The molecule has 1 aromatic rings. The van der Waals surface area contributed by atoms with E-state index >= 15 is 0 Å². The van der Waals surface area contributed by atoms with Crippen molar-refractivity contribution in [3.05, 3.63) is 28.1 Å². The molecule has 2 amide bonds. The molecule has 0 bridgehead atoms. The number of hydrogen-bond acceptors (Lipinski definition) is 4. The van der Waals surface area contributed by atoms with Crippen molar-refractivity contribution >= 4 is 28.7 Å². The topological polar surface area (TPSA) is 40.6 Å². The maximum atomic E-state index is 12.9. The number of amides is 2. The Morgan fingerprint density at radius 1 is 1.30 bits per heavy atom. The van der Waals surface area contributed by atoms with E-state index in [2.05, 4.69) is 18.7 Å². The molecule has 124 valence electrons. The number of unbranched alkanes of at least 4 members (excludes halogenated alkanes) is 1. The van der Waals surface area contributed by atoms with Gasteiger partial charge in [0.1, 0.15) is 5.70 Å². The SMILES string of the molecule is CCCCN1C(=O)C(c2cccs2)=C(N2CCCC(C)C2)C1=O. The molecule has 1 aromatic heterocycles. The summed E-state index contributed by atoms with van der Waals surface area (Å²) in [7, 11) is 0. The second kappa shape index (κ2) is 6.87. The number of hydrogen-bond donors (Lipinski definition) is 0. The molecule has 5 heteroatoms. The molecule has 2 aliphatic rings. The fourth-order valence-corrected chi connectivity index (χ4v) is 4.17. The van der Waals surface area contributed by atoms with E-state index in [1.54, 1.807) is 0 Å². The van der Waals surface area contributed by atoms with Crippen LogP contribution in [0.2, 0.25) is 0 Å². The monoisotopic (exact) mass is 332 g/mol. The summed E-state index contributed by atoms with van der Waals surface area (Å²) in [5.74, 6) is 0.355. The van der Waals surface area contributed by atoms with Gasteiger partial charge < -0.3 is 4.90 Å². The zero-order chi connectivity index (χ0) is 16.4. The average Bonchev–Trinajstić information content (AvgIpc) is 3.13. The molecule has 1 atom stereocenters. The van der Waals surface area contributed by atoms with Gasteiger partial charge in [-0.1, -0.05) is 26.3 Å². The molecule has 1 unspecified atom stereocenters. The van der Waals surface area contributed by atoms with Gasteiger partial charge in [0.05, 0.1) is 5.57 Å². The first kappa shape index (κ1) is 16.2. The van der Waals surface area contributed by atoms with E-state index in [-0.39, 0.29) is 11.8 Å². The minimum Gasteiger partial charge on any atom is -0.366 e. The molecule has 0 N–H and O–H groups in total. The van der Waals surface area contributed by atoms with E-state index in [1.165, 1.54) is 22.7 Å². The molecule has 1 saturated heterocycles. The largest absolute Gasteiger partial charge is 0.366 e. The molecule has 4 nitrogen and oxygen atoms in total. The van der Waals surface area contributed by atoms with Crippen LogP contribution in [-0.4, -0.2) is 41.2 Å². The van der Waals surface area contributed by atoms with Crippen LogP contribution >= 0.6 is 11.3 Å². The quantitative estimate of drug-likeness (QED) is 0.776. The highest BCUT2D eigenvalue weighted by Crippen LogP contribution is 2.35. The summed E-state index contributed by atoms with van der Waals surface area (Å²) in [6.07, 6.45) is 4.11. The van der Waals surface area contributed by atoms with Gasteiger partial charge in [0.15, 0.2) is 0 Å². The lowest BCUT2D eigenvalue weighted by atomic mass is 9.99. The Morgan fingerprint density at radius 2 is 2.13 bits per heavy atom. The normalized spacial score (nSPS) is 22.4. The van der Waals surface area contributed by atoms with Gasteiger partial charge in [-0.25, -0.2) is 0 Å². The summed E-state index contributed by atoms with van der Waals surface area (Å²) in [6.45, 7) is 6.55. The lowest BCUT2D eigenvalue weighted by Crippen LogP contribution is -2.39. The second-order valence-corrected chi connectivity index (χ2v) is 7.46. The summed E-state index contributed by atoms with van der Waals surface area (Å²) >= 11 is 1.54. The van der Waals surface area contributed by atoms with Crippen molar-refractivity contribution in [2.45, 2.75) is 39.5 Å². The van der Waals surface area contributed by atoms with Crippen molar-refractivity contribution in [2.24, 2.45) is 5.92 Å². The average molecular weight is 332 g/mol. The molecule has 0 aromatic carbocycles. The van der Waals surface area contributed by atoms with Gasteiger partial charge >= 0.3 is 0 Å². The molecule has 0 radical (unpaired) electrons. The molecule has 1 fully saturated rings. The van der Waals surface area contributed by atoms with Gasteiger partial charge in [0, 0.05) is 24.5 Å². The summed E-state index contributed by atoms with van der Waals surface area (Å²) in [5, 5.41) is 1.96. The molecule has 0 saturated carbocycles. The highest BCUT2D eigenvalue weighted by molar-refractivity contribution is 7.11. The Hall–Kier alpha value is -1.62. The van der Waals surface area contributed by atoms with Gasteiger partial charge in [-0.15, -0.1) is 11.3 Å². The van der Waals surface area contributed by atoms with Crippen LogP contribution in [0.5, 0.6) is 0 Å². The number of piperidine rings is 1. The van der Waals surface area contributed by atoms with Crippen molar-refractivity contribution in [3.8, 4) is 0 Å². The maximum Gasteiger partial charge on any atom is 0.277 e. The van der Waals surface area contributed by atoms with Crippen LogP contribution < -0.4 is 0 Å². The van der Waals surface area contributed by atoms with E-state index in [1.807, 2.05) is 17.5 Å². The minimum atomic E-state index is -0.112.